The molecular weight excluding hydrogens is 471 g/mol. The average molecular weight is 489 g/mol. The van der Waals surface area contributed by atoms with Crippen molar-refractivity contribution in [2.45, 2.75) is 5.16 Å². The minimum Gasteiger partial charge on any atom is -0.313 e. The third-order valence-corrected chi connectivity index (χ3v) is 5.70. The zero-order valence-corrected chi connectivity index (χ0v) is 18.8. The zero-order valence-electron chi connectivity index (χ0n) is 18.0. The Morgan fingerprint density at radius 2 is 1.77 bits per heavy atom. The maximum atomic E-state index is 14.5. The molecule has 174 valence electrons. The molecule has 0 radical (unpaired) electrons. The van der Waals surface area contributed by atoms with Gasteiger partial charge in [-0.25, -0.2) is 9.82 Å². The first-order valence-electron chi connectivity index (χ1n) is 10.4. The van der Waals surface area contributed by atoms with Crippen LogP contribution in [-0.4, -0.2) is 41.5 Å². The van der Waals surface area contributed by atoms with E-state index in [0.717, 1.165) is 23.0 Å². The van der Waals surface area contributed by atoms with Crippen LogP contribution in [0.3, 0.4) is 0 Å². The van der Waals surface area contributed by atoms with Gasteiger partial charge in [0.05, 0.1) is 11.3 Å². The zero-order chi connectivity index (χ0) is 24.0. The topological polar surface area (TPSA) is 124 Å². The van der Waals surface area contributed by atoms with Crippen molar-refractivity contribution in [3.8, 4) is 28.5 Å². The Kier molecular flexibility index (Phi) is 6.44. The van der Waals surface area contributed by atoms with Crippen molar-refractivity contribution in [2.75, 3.05) is 11.2 Å². The molecule has 0 aliphatic heterocycles. The molecule has 10 nitrogen and oxygen atoms in total. The molecule has 2 N–H and O–H groups in total. The fourth-order valence-electron chi connectivity index (χ4n) is 3.17. The number of hydrogen-bond donors (Lipinski definition) is 2. The van der Waals surface area contributed by atoms with Crippen LogP contribution in [0.1, 0.15) is 0 Å². The lowest BCUT2D eigenvalue weighted by atomic mass is 10.2. The molecular formula is C23H17FN8O2S. The molecule has 1 amide bonds. The van der Waals surface area contributed by atoms with Crippen LogP contribution in [0.15, 0.2) is 88.8 Å². The second-order valence-electron chi connectivity index (χ2n) is 7.08. The first-order valence-corrected chi connectivity index (χ1v) is 11.3. The normalized spacial score (nSPS) is 10.8. The number of carbonyl (C=O) groups excluding carboxylic acids is 1. The number of halogens is 1. The molecule has 5 aromatic rings. The van der Waals surface area contributed by atoms with Crippen LogP contribution in [0.2, 0.25) is 0 Å². The highest BCUT2D eigenvalue weighted by Crippen LogP contribution is 2.29. The molecule has 0 spiro atoms. The average Bonchev–Trinajstić information content (AvgIpc) is 3.55. The summed E-state index contributed by atoms with van der Waals surface area (Å²) in [5.74, 6) is -0.0874. The standard InChI is InChI=1S/C23H17FN8O2S/c24-18-9-5-4-8-17(18)21-28-30-23(32(21)16-6-2-1-3-7-16)35-14-19(33)27-29-22-26-20(31-34-22)15-10-12-25-13-11-15/h1-13H,14H2,(H,27,33)(H,26,29,31). The second-order valence-corrected chi connectivity index (χ2v) is 8.02. The van der Waals surface area contributed by atoms with Gasteiger partial charge in [-0.2, -0.15) is 4.98 Å². The van der Waals surface area contributed by atoms with Gasteiger partial charge in [-0.15, -0.1) is 10.2 Å². The largest absolute Gasteiger partial charge is 0.340 e. The van der Waals surface area contributed by atoms with Crippen LogP contribution in [0.5, 0.6) is 0 Å². The molecule has 35 heavy (non-hydrogen) atoms. The van der Waals surface area contributed by atoms with E-state index in [0.29, 0.717) is 22.4 Å². The smallest absolute Gasteiger partial charge is 0.313 e. The summed E-state index contributed by atoms with van der Waals surface area (Å²) in [6.07, 6.45) is 3.23. The minimum atomic E-state index is -0.415. The number of nitrogens with one attached hydrogen (secondary N) is 2. The van der Waals surface area contributed by atoms with E-state index >= 15 is 0 Å². The Morgan fingerprint density at radius 1 is 1.00 bits per heavy atom. The number of aromatic nitrogens is 6. The van der Waals surface area contributed by atoms with Gasteiger partial charge in [0, 0.05) is 23.6 Å². The van der Waals surface area contributed by atoms with Crippen molar-refractivity contribution in [1.82, 2.24) is 35.3 Å². The molecule has 0 saturated carbocycles. The van der Waals surface area contributed by atoms with Gasteiger partial charge in [-0.05, 0) is 36.4 Å². The number of hydrazine groups is 1. The van der Waals surface area contributed by atoms with Gasteiger partial charge in [0.15, 0.2) is 11.0 Å². The summed E-state index contributed by atoms with van der Waals surface area (Å²) in [5.41, 5.74) is 6.88. The quantitative estimate of drug-likeness (QED) is 0.248. The lowest BCUT2D eigenvalue weighted by Gasteiger charge is -2.10. The van der Waals surface area contributed by atoms with Crippen molar-refractivity contribution in [3.63, 3.8) is 0 Å². The summed E-state index contributed by atoms with van der Waals surface area (Å²) in [7, 11) is 0. The number of rotatable bonds is 8. The van der Waals surface area contributed by atoms with Crippen LogP contribution in [0, 0.1) is 5.82 Å². The first kappa shape index (κ1) is 22.2. The van der Waals surface area contributed by atoms with Crippen molar-refractivity contribution in [3.05, 3.63) is 84.9 Å². The van der Waals surface area contributed by atoms with Crippen molar-refractivity contribution < 1.29 is 13.7 Å². The van der Waals surface area contributed by atoms with E-state index in [1.54, 1.807) is 47.3 Å². The third kappa shape index (κ3) is 5.01. The number of anilines is 1. The molecule has 0 unspecified atom stereocenters. The lowest BCUT2D eigenvalue weighted by molar-refractivity contribution is -0.118. The van der Waals surface area contributed by atoms with Crippen LogP contribution >= 0.6 is 11.8 Å². The Balaban J connectivity index is 1.28. The van der Waals surface area contributed by atoms with Gasteiger partial charge in [-0.1, -0.05) is 47.3 Å². The van der Waals surface area contributed by atoms with Crippen LogP contribution in [-0.2, 0) is 4.79 Å². The summed E-state index contributed by atoms with van der Waals surface area (Å²) in [6, 6.07) is 19.1. The third-order valence-electron chi connectivity index (χ3n) is 4.77. The van der Waals surface area contributed by atoms with Crippen LogP contribution in [0.25, 0.3) is 28.5 Å². The van der Waals surface area contributed by atoms with Crippen LogP contribution in [0.4, 0.5) is 10.4 Å². The number of carbonyl (C=O) groups is 1. The molecule has 5 rings (SSSR count). The molecule has 0 atom stereocenters. The van der Waals surface area contributed by atoms with Gasteiger partial charge < -0.3 is 4.52 Å². The van der Waals surface area contributed by atoms with Crippen molar-refractivity contribution in [2.24, 2.45) is 0 Å². The maximum absolute atomic E-state index is 14.5. The number of pyridine rings is 1. The van der Waals surface area contributed by atoms with E-state index < -0.39 is 5.82 Å². The molecule has 0 bridgehead atoms. The van der Waals surface area contributed by atoms with Gasteiger partial charge in [0.1, 0.15) is 5.82 Å². The molecule has 0 fully saturated rings. The SMILES string of the molecule is O=C(CSc1nnc(-c2ccccc2F)n1-c1ccccc1)NNc1nc(-c2ccncc2)no1. The van der Waals surface area contributed by atoms with Crippen molar-refractivity contribution >= 4 is 23.7 Å². The van der Waals surface area contributed by atoms with Gasteiger partial charge in [-0.3, -0.25) is 19.8 Å². The number of nitrogens with zero attached hydrogens (tertiary/aromatic N) is 6. The number of hydrogen-bond acceptors (Lipinski definition) is 9. The predicted molar refractivity (Wildman–Crippen MR) is 127 cm³/mol. The van der Waals surface area contributed by atoms with Gasteiger partial charge in [0.25, 0.3) is 0 Å². The minimum absolute atomic E-state index is 0.000583. The van der Waals surface area contributed by atoms with E-state index in [-0.39, 0.29) is 17.7 Å². The lowest BCUT2D eigenvalue weighted by Crippen LogP contribution is -2.31. The number of para-hydroxylation sites is 1. The molecule has 12 heteroatoms. The summed E-state index contributed by atoms with van der Waals surface area (Å²) in [5, 5.41) is 12.7. The Labute approximate surface area is 202 Å². The first-order chi connectivity index (χ1) is 17.2. The molecule has 0 aliphatic rings. The molecule has 3 aromatic heterocycles. The maximum Gasteiger partial charge on any atom is 0.340 e. The number of benzene rings is 2. The molecule has 0 aliphatic carbocycles. The molecule has 0 saturated heterocycles. The number of amides is 1. The Morgan fingerprint density at radius 3 is 2.57 bits per heavy atom. The second kappa shape index (κ2) is 10.1. The highest BCUT2D eigenvalue weighted by molar-refractivity contribution is 7.99. The Hall–Kier alpha value is -4.58. The summed E-state index contributed by atoms with van der Waals surface area (Å²) < 4.78 is 21.3. The summed E-state index contributed by atoms with van der Waals surface area (Å²) in [6.45, 7) is 0. The van der Waals surface area contributed by atoms with Crippen molar-refractivity contribution in [1.29, 1.82) is 0 Å². The molecule has 2 aromatic carbocycles. The van der Waals surface area contributed by atoms with E-state index in [2.05, 4.69) is 36.2 Å². The monoisotopic (exact) mass is 488 g/mol. The highest BCUT2D eigenvalue weighted by Gasteiger charge is 2.19. The molecule has 3 heterocycles. The van der Waals surface area contributed by atoms with E-state index in [1.165, 1.54) is 6.07 Å². The van der Waals surface area contributed by atoms with E-state index in [4.69, 9.17) is 4.52 Å². The van der Waals surface area contributed by atoms with Crippen LogP contribution < -0.4 is 10.9 Å². The fraction of sp³-hybridized carbons (Fsp3) is 0.0435. The highest BCUT2D eigenvalue weighted by atomic mass is 32.2. The van der Waals surface area contributed by atoms with Gasteiger partial charge >= 0.3 is 6.01 Å². The van der Waals surface area contributed by atoms with E-state index in [9.17, 15) is 9.18 Å². The summed E-state index contributed by atoms with van der Waals surface area (Å²) in [4.78, 5) is 20.5. The number of thioether (sulfide) groups is 1. The fourth-order valence-corrected chi connectivity index (χ4v) is 3.92. The van der Waals surface area contributed by atoms with E-state index in [1.807, 2.05) is 30.3 Å². The van der Waals surface area contributed by atoms with Gasteiger partial charge in [0.2, 0.25) is 11.7 Å². The Bertz CT molecular complexity index is 1440. The predicted octanol–water partition coefficient (Wildman–Crippen LogP) is 3.75. The summed E-state index contributed by atoms with van der Waals surface area (Å²) >= 11 is 1.15.